The minimum absolute atomic E-state index is 0.0655. The summed E-state index contributed by atoms with van der Waals surface area (Å²) in [6, 6.07) is 4.56. The van der Waals surface area contributed by atoms with Crippen LogP contribution in [0.1, 0.15) is 28.8 Å². The first-order valence-corrected chi connectivity index (χ1v) is 6.55. The zero-order chi connectivity index (χ0) is 14.7. The van der Waals surface area contributed by atoms with Gasteiger partial charge in [0.15, 0.2) is 0 Å². The molecule has 1 aromatic rings. The van der Waals surface area contributed by atoms with Gasteiger partial charge in [0, 0.05) is 19.0 Å². The summed E-state index contributed by atoms with van der Waals surface area (Å²) in [6.07, 6.45) is 1.51. The van der Waals surface area contributed by atoms with Gasteiger partial charge in [-0.3, -0.25) is 4.79 Å². The number of benzene rings is 1. The van der Waals surface area contributed by atoms with Crippen LogP contribution >= 0.6 is 0 Å². The molecule has 108 valence electrons. The topological polar surface area (TPSA) is 78.9 Å². The standard InChI is InChI=1S/C14H18FN3O2/c1-9-4-5-11(12(15)7-9)14(19)18-6-2-3-10(8-18)13(16)17-20/h4-5,7,10,20H,2-3,6,8H2,1H3,(H2,16,17). The van der Waals surface area contributed by atoms with Crippen molar-refractivity contribution in [3.8, 4) is 0 Å². The summed E-state index contributed by atoms with van der Waals surface area (Å²) in [4.78, 5) is 13.9. The molecule has 1 unspecified atom stereocenters. The number of carbonyl (C=O) groups excluding carboxylic acids is 1. The number of amides is 1. The van der Waals surface area contributed by atoms with E-state index in [9.17, 15) is 9.18 Å². The molecule has 0 saturated carbocycles. The fourth-order valence-electron chi connectivity index (χ4n) is 2.45. The van der Waals surface area contributed by atoms with Gasteiger partial charge < -0.3 is 15.8 Å². The molecule has 1 saturated heterocycles. The molecule has 5 nitrogen and oxygen atoms in total. The largest absolute Gasteiger partial charge is 0.409 e. The van der Waals surface area contributed by atoms with Crippen LogP contribution in [0.4, 0.5) is 4.39 Å². The second-order valence-electron chi connectivity index (χ2n) is 5.10. The van der Waals surface area contributed by atoms with Crippen LogP contribution < -0.4 is 5.73 Å². The Kier molecular flexibility index (Phi) is 4.22. The van der Waals surface area contributed by atoms with Crippen molar-refractivity contribution in [1.82, 2.24) is 4.90 Å². The number of oxime groups is 1. The van der Waals surface area contributed by atoms with Gasteiger partial charge >= 0.3 is 0 Å². The number of nitrogens with zero attached hydrogens (tertiary/aromatic N) is 2. The van der Waals surface area contributed by atoms with Crippen molar-refractivity contribution in [2.75, 3.05) is 13.1 Å². The minimum atomic E-state index is -0.513. The summed E-state index contributed by atoms with van der Waals surface area (Å²) in [5.74, 6) is -0.919. The Morgan fingerprint density at radius 3 is 2.95 bits per heavy atom. The van der Waals surface area contributed by atoms with E-state index in [-0.39, 0.29) is 23.2 Å². The fraction of sp³-hybridized carbons (Fsp3) is 0.429. The maximum absolute atomic E-state index is 13.8. The molecule has 0 spiro atoms. The van der Waals surface area contributed by atoms with E-state index in [2.05, 4.69) is 5.16 Å². The number of likely N-dealkylation sites (tertiary alicyclic amines) is 1. The first-order valence-electron chi connectivity index (χ1n) is 6.55. The van der Waals surface area contributed by atoms with E-state index in [0.717, 1.165) is 18.4 Å². The van der Waals surface area contributed by atoms with Crippen molar-refractivity contribution in [2.24, 2.45) is 16.8 Å². The highest BCUT2D eigenvalue weighted by atomic mass is 19.1. The van der Waals surface area contributed by atoms with Gasteiger partial charge in [0.1, 0.15) is 11.7 Å². The Morgan fingerprint density at radius 2 is 2.30 bits per heavy atom. The number of carbonyl (C=O) groups is 1. The van der Waals surface area contributed by atoms with Gasteiger partial charge in [0.2, 0.25) is 0 Å². The first kappa shape index (κ1) is 14.3. The highest BCUT2D eigenvalue weighted by Crippen LogP contribution is 2.20. The van der Waals surface area contributed by atoms with Crippen molar-refractivity contribution in [3.63, 3.8) is 0 Å². The highest BCUT2D eigenvalue weighted by molar-refractivity contribution is 5.95. The van der Waals surface area contributed by atoms with Crippen LogP contribution in [0.15, 0.2) is 23.4 Å². The fourth-order valence-corrected chi connectivity index (χ4v) is 2.45. The summed E-state index contributed by atoms with van der Waals surface area (Å²) in [6.45, 7) is 2.68. The Morgan fingerprint density at radius 1 is 1.55 bits per heavy atom. The SMILES string of the molecule is Cc1ccc(C(=O)N2CCCC(/C(N)=N/O)C2)c(F)c1. The van der Waals surface area contributed by atoms with E-state index in [1.807, 2.05) is 0 Å². The summed E-state index contributed by atoms with van der Waals surface area (Å²) in [5, 5.41) is 11.7. The summed E-state index contributed by atoms with van der Waals surface area (Å²) < 4.78 is 13.8. The first-order chi connectivity index (χ1) is 9.52. The lowest BCUT2D eigenvalue weighted by molar-refractivity contribution is 0.0696. The summed E-state index contributed by atoms with van der Waals surface area (Å²) >= 11 is 0. The number of piperidine rings is 1. The van der Waals surface area contributed by atoms with Crippen molar-refractivity contribution in [3.05, 3.63) is 35.1 Å². The van der Waals surface area contributed by atoms with Gasteiger partial charge in [-0.25, -0.2) is 4.39 Å². The molecule has 1 aliphatic rings. The second kappa shape index (κ2) is 5.90. The Hall–Kier alpha value is -2.11. The molecule has 3 N–H and O–H groups in total. The van der Waals surface area contributed by atoms with Crippen LogP contribution in [0.3, 0.4) is 0 Å². The molecule has 1 aliphatic heterocycles. The van der Waals surface area contributed by atoms with Crippen molar-refractivity contribution < 1.29 is 14.4 Å². The summed E-state index contributed by atoms with van der Waals surface area (Å²) in [5.41, 5.74) is 6.42. The molecular formula is C14H18FN3O2. The predicted molar refractivity (Wildman–Crippen MR) is 73.2 cm³/mol. The Bertz CT molecular complexity index is 545. The maximum atomic E-state index is 13.8. The van der Waals surface area contributed by atoms with E-state index in [1.165, 1.54) is 12.1 Å². The summed E-state index contributed by atoms with van der Waals surface area (Å²) in [7, 11) is 0. The van der Waals surface area contributed by atoms with Crippen LogP contribution in [-0.4, -0.2) is 34.9 Å². The molecule has 1 heterocycles. The number of hydrogen-bond acceptors (Lipinski definition) is 3. The van der Waals surface area contributed by atoms with Gasteiger partial charge in [0.25, 0.3) is 5.91 Å². The molecule has 0 bridgehead atoms. The monoisotopic (exact) mass is 279 g/mol. The van der Waals surface area contributed by atoms with Crippen LogP contribution in [0.25, 0.3) is 0 Å². The van der Waals surface area contributed by atoms with Crippen molar-refractivity contribution >= 4 is 11.7 Å². The second-order valence-corrected chi connectivity index (χ2v) is 5.10. The molecule has 0 aliphatic carbocycles. The lowest BCUT2D eigenvalue weighted by Gasteiger charge is -2.32. The van der Waals surface area contributed by atoms with E-state index >= 15 is 0 Å². The zero-order valence-corrected chi connectivity index (χ0v) is 11.3. The third kappa shape index (κ3) is 2.89. The highest BCUT2D eigenvalue weighted by Gasteiger charge is 2.28. The van der Waals surface area contributed by atoms with E-state index in [1.54, 1.807) is 17.9 Å². The number of aryl methyl sites for hydroxylation is 1. The number of amidine groups is 1. The number of hydrogen-bond donors (Lipinski definition) is 2. The number of halogens is 1. The lowest BCUT2D eigenvalue weighted by atomic mass is 9.96. The van der Waals surface area contributed by atoms with E-state index in [4.69, 9.17) is 10.9 Å². The van der Waals surface area contributed by atoms with Gasteiger partial charge in [-0.2, -0.15) is 0 Å². The molecular weight excluding hydrogens is 261 g/mol. The normalized spacial score (nSPS) is 20.0. The van der Waals surface area contributed by atoms with Crippen molar-refractivity contribution in [2.45, 2.75) is 19.8 Å². The molecule has 0 radical (unpaired) electrons. The van der Waals surface area contributed by atoms with E-state index < -0.39 is 5.82 Å². The quantitative estimate of drug-likeness (QED) is 0.374. The molecule has 1 amide bonds. The average molecular weight is 279 g/mol. The van der Waals surface area contributed by atoms with Crippen LogP contribution in [0.5, 0.6) is 0 Å². The van der Waals surface area contributed by atoms with Gasteiger partial charge in [-0.1, -0.05) is 11.2 Å². The molecule has 1 fully saturated rings. The number of nitrogens with two attached hydrogens (primary N) is 1. The van der Waals surface area contributed by atoms with Crippen LogP contribution in [0, 0.1) is 18.7 Å². The molecule has 1 aromatic carbocycles. The van der Waals surface area contributed by atoms with E-state index in [0.29, 0.717) is 13.1 Å². The molecule has 1 atom stereocenters. The minimum Gasteiger partial charge on any atom is -0.409 e. The van der Waals surface area contributed by atoms with Crippen LogP contribution in [-0.2, 0) is 0 Å². The third-order valence-corrected chi connectivity index (χ3v) is 3.60. The van der Waals surface area contributed by atoms with Gasteiger partial charge in [0.05, 0.1) is 5.56 Å². The lowest BCUT2D eigenvalue weighted by Crippen LogP contribution is -2.44. The number of rotatable bonds is 2. The van der Waals surface area contributed by atoms with Gasteiger partial charge in [-0.05, 0) is 37.5 Å². The smallest absolute Gasteiger partial charge is 0.256 e. The predicted octanol–water partition coefficient (Wildman–Crippen LogP) is 1.73. The Balaban J connectivity index is 2.16. The molecule has 6 heteroatoms. The van der Waals surface area contributed by atoms with Crippen LogP contribution in [0.2, 0.25) is 0 Å². The maximum Gasteiger partial charge on any atom is 0.256 e. The zero-order valence-electron chi connectivity index (χ0n) is 11.3. The van der Waals surface area contributed by atoms with Crippen molar-refractivity contribution in [1.29, 1.82) is 0 Å². The Labute approximate surface area is 116 Å². The molecule has 0 aromatic heterocycles. The molecule has 2 rings (SSSR count). The molecule has 20 heavy (non-hydrogen) atoms. The van der Waals surface area contributed by atoms with Gasteiger partial charge in [-0.15, -0.1) is 0 Å². The third-order valence-electron chi connectivity index (χ3n) is 3.60. The average Bonchev–Trinajstić information content (AvgIpc) is 2.46.